The van der Waals surface area contributed by atoms with Gasteiger partial charge in [-0.2, -0.15) is 0 Å². The summed E-state index contributed by atoms with van der Waals surface area (Å²) in [6.45, 7) is 0. The van der Waals surface area contributed by atoms with Crippen LogP contribution in [0.15, 0.2) is 42.5 Å². The van der Waals surface area contributed by atoms with Gasteiger partial charge in [-0.3, -0.25) is 9.59 Å². The molecule has 2 amide bonds. The van der Waals surface area contributed by atoms with Gasteiger partial charge >= 0.3 is 0 Å². The van der Waals surface area contributed by atoms with E-state index in [1.807, 2.05) is 25.1 Å². The van der Waals surface area contributed by atoms with E-state index in [-0.39, 0.29) is 5.56 Å². The summed E-state index contributed by atoms with van der Waals surface area (Å²) in [4.78, 5) is 26.4. The fourth-order valence-corrected chi connectivity index (χ4v) is 2.28. The smallest absolute Gasteiger partial charge is 0.252 e. The maximum atomic E-state index is 13.5. The normalized spacial score (nSPS) is 11.6. The number of carbonyl (C=O) groups excluding carboxylic acids is 2. The average molecular weight is 347 g/mol. The van der Waals surface area contributed by atoms with E-state index in [0.29, 0.717) is 5.56 Å². The summed E-state index contributed by atoms with van der Waals surface area (Å²) >= 11 is 0. The quantitative estimate of drug-likeness (QED) is 0.872. The summed E-state index contributed by atoms with van der Waals surface area (Å²) in [6, 6.07) is 8.75. The van der Waals surface area contributed by atoms with Crippen LogP contribution in [0.2, 0.25) is 0 Å². The van der Waals surface area contributed by atoms with Crippen molar-refractivity contribution in [3.63, 3.8) is 0 Å². The molecule has 0 aliphatic rings. The molecular formula is C18H19F2N3O2. The van der Waals surface area contributed by atoms with Gasteiger partial charge in [0.15, 0.2) is 11.6 Å². The number of carbonyl (C=O) groups is 2. The Morgan fingerprint density at radius 1 is 1.04 bits per heavy atom. The molecule has 0 aliphatic carbocycles. The lowest BCUT2D eigenvalue weighted by Crippen LogP contribution is -2.39. The van der Waals surface area contributed by atoms with Crippen LogP contribution in [0.4, 0.5) is 14.5 Å². The molecule has 25 heavy (non-hydrogen) atoms. The van der Waals surface area contributed by atoms with Crippen LogP contribution < -0.4 is 15.5 Å². The van der Waals surface area contributed by atoms with Gasteiger partial charge in [0.05, 0.1) is 0 Å². The van der Waals surface area contributed by atoms with E-state index in [2.05, 4.69) is 10.6 Å². The molecule has 1 unspecified atom stereocenters. The average Bonchev–Trinajstić information content (AvgIpc) is 2.61. The molecule has 0 radical (unpaired) electrons. The van der Waals surface area contributed by atoms with E-state index in [1.165, 1.54) is 13.1 Å². The standard InChI is InChI=1S/C18H19F2N3O2/c1-21-18(25)16(11-7-8-14(19)15(20)10-11)22-17(24)12-5-4-6-13(9-12)23(2)3/h4-10,16H,1-3H3,(H,21,25)(H,22,24). The van der Waals surface area contributed by atoms with Crippen LogP contribution in [-0.2, 0) is 4.79 Å². The summed E-state index contributed by atoms with van der Waals surface area (Å²) in [5, 5.41) is 4.96. The van der Waals surface area contributed by atoms with Gasteiger partial charge in [0.25, 0.3) is 5.91 Å². The summed E-state index contributed by atoms with van der Waals surface area (Å²) in [5.74, 6) is -3.15. The van der Waals surface area contributed by atoms with Gasteiger partial charge in [-0.15, -0.1) is 0 Å². The number of likely N-dealkylation sites (N-methyl/N-ethyl adjacent to an activating group) is 1. The molecule has 2 aromatic carbocycles. The monoisotopic (exact) mass is 347 g/mol. The molecular weight excluding hydrogens is 328 g/mol. The van der Waals surface area contributed by atoms with Gasteiger partial charge in [-0.1, -0.05) is 12.1 Å². The maximum absolute atomic E-state index is 13.5. The lowest BCUT2D eigenvalue weighted by molar-refractivity contribution is -0.122. The minimum absolute atomic E-state index is 0.148. The Bertz CT molecular complexity index is 794. The topological polar surface area (TPSA) is 61.4 Å². The molecule has 7 heteroatoms. The van der Waals surface area contributed by atoms with Crippen molar-refractivity contribution in [3.8, 4) is 0 Å². The Morgan fingerprint density at radius 3 is 2.36 bits per heavy atom. The Hall–Kier alpha value is -2.96. The van der Waals surface area contributed by atoms with E-state index in [9.17, 15) is 18.4 Å². The molecule has 0 saturated heterocycles. The van der Waals surface area contributed by atoms with Crippen LogP contribution >= 0.6 is 0 Å². The van der Waals surface area contributed by atoms with Crippen molar-refractivity contribution in [1.82, 2.24) is 10.6 Å². The maximum Gasteiger partial charge on any atom is 0.252 e. The van der Waals surface area contributed by atoms with E-state index in [1.54, 1.807) is 18.2 Å². The summed E-state index contributed by atoms with van der Waals surface area (Å²) < 4.78 is 26.6. The molecule has 1 atom stereocenters. The molecule has 0 aliphatic heterocycles. The second-order valence-corrected chi connectivity index (χ2v) is 5.64. The number of nitrogens with zero attached hydrogens (tertiary/aromatic N) is 1. The number of rotatable bonds is 5. The predicted molar refractivity (Wildman–Crippen MR) is 91.4 cm³/mol. The predicted octanol–water partition coefficient (Wildman–Crippen LogP) is 2.25. The SMILES string of the molecule is CNC(=O)C(NC(=O)c1cccc(N(C)C)c1)c1ccc(F)c(F)c1. The van der Waals surface area contributed by atoms with Crippen molar-refractivity contribution in [3.05, 3.63) is 65.2 Å². The van der Waals surface area contributed by atoms with E-state index < -0.39 is 29.5 Å². The van der Waals surface area contributed by atoms with Crippen molar-refractivity contribution >= 4 is 17.5 Å². The van der Waals surface area contributed by atoms with E-state index in [0.717, 1.165) is 17.8 Å². The Balaban J connectivity index is 2.30. The van der Waals surface area contributed by atoms with Gasteiger partial charge in [-0.05, 0) is 35.9 Å². The van der Waals surface area contributed by atoms with Crippen LogP contribution in [-0.4, -0.2) is 33.0 Å². The zero-order chi connectivity index (χ0) is 18.6. The second-order valence-electron chi connectivity index (χ2n) is 5.64. The van der Waals surface area contributed by atoms with Gasteiger partial charge < -0.3 is 15.5 Å². The highest BCUT2D eigenvalue weighted by molar-refractivity contribution is 5.98. The Morgan fingerprint density at radius 2 is 1.76 bits per heavy atom. The fraction of sp³-hybridized carbons (Fsp3) is 0.222. The fourth-order valence-electron chi connectivity index (χ4n) is 2.28. The van der Waals surface area contributed by atoms with Crippen molar-refractivity contribution < 1.29 is 18.4 Å². The van der Waals surface area contributed by atoms with Crippen LogP contribution in [0.25, 0.3) is 0 Å². The molecule has 2 rings (SSSR count). The van der Waals surface area contributed by atoms with E-state index >= 15 is 0 Å². The number of halogens is 2. The molecule has 132 valence electrons. The van der Waals surface area contributed by atoms with Crippen molar-refractivity contribution in [2.75, 3.05) is 26.0 Å². The Kier molecular flexibility index (Phi) is 5.69. The minimum Gasteiger partial charge on any atom is -0.378 e. The number of amides is 2. The largest absolute Gasteiger partial charge is 0.378 e. The molecule has 0 heterocycles. The number of nitrogens with one attached hydrogen (secondary N) is 2. The van der Waals surface area contributed by atoms with Gasteiger partial charge in [0.2, 0.25) is 5.91 Å². The van der Waals surface area contributed by atoms with Crippen LogP contribution in [0, 0.1) is 11.6 Å². The third-order valence-electron chi connectivity index (χ3n) is 3.69. The first-order valence-electron chi connectivity index (χ1n) is 7.58. The molecule has 2 N–H and O–H groups in total. The van der Waals surface area contributed by atoms with Gasteiger partial charge in [0.1, 0.15) is 6.04 Å². The van der Waals surface area contributed by atoms with Gasteiger partial charge in [-0.25, -0.2) is 8.78 Å². The highest BCUT2D eigenvalue weighted by atomic mass is 19.2. The molecule has 0 spiro atoms. The molecule has 5 nitrogen and oxygen atoms in total. The summed E-state index contributed by atoms with van der Waals surface area (Å²) in [5.41, 5.74) is 1.31. The van der Waals surface area contributed by atoms with Crippen LogP contribution in [0.1, 0.15) is 22.0 Å². The number of benzene rings is 2. The number of hydrogen-bond acceptors (Lipinski definition) is 3. The number of hydrogen-bond donors (Lipinski definition) is 2. The second kappa shape index (κ2) is 7.74. The summed E-state index contributed by atoms with van der Waals surface area (Å²) in [7, 11) is 5.07. The van der Waals surface area contributed by atoms with Crippen molar-refractivity contribution in [2.45, 2.75) is 6.04 Å². The molecule has 0 bridgehead atoms. The number of anilines is 1. The summed E-state index contributed by atoms with van der Waals surface area (Å²) in [6.07, 6.45) is 0. The van der Waals surface area contributed by atoms with Crippen LogP contribution in [0.3, 0.4) is 0 Å². The first kappa shape index (κ1) is 18.4. The third-order valence-corrected chi connectivity index (χ3v) is 3.69. The highest BCUT2D eigenvalue weighted by Crippen LogP contribution is 2.19. The van der Waals surface area contributed by atoms with Crippen molar-refractivity contribution in [1.29, 1.82) is 0 Å². The highest BCUT2D eigenvalue weighted by Gasteiger charge is 2.23. The third kappa shape index (κ3) is 4.32. The zero-order valence-electron chi connectivity index (χ0n) is 14.1. The molecule has 0 fully saturated rings. The molecule has 2 aromatic rings. The lowest BCUT2D eigenvalue weighted by atomic mass is 10.0. The van der Waals surface area contributed by atoms with E-state index in [4.69, 9.17) is 0 Å². The van der Waals surface area contributed by atoms with Crippen molar-refractivity contribution in [2.24, 2.45) is 0 Å². The molecule has 0 saturated carbocycles. The Labute approximate surface area is 144 Å². The first-order valence-corrected chi connectivity index (χ1v) is 7.58. The first-order chi connectivity index (χ1) is 11.8. The minimum atomic E-state index is -1.14. The zero-order valence-corrected chi connectivity index (χ0v) is 14.1. The van der Waals surface area contributed by atoms with Crippen LogP contribution in [0.5, 0.6) is 0 Å². The lowest BCUT2D eigenvalue weighted by Gasteiger charge is -2.19. The van der Waals surface area contributed by atoms with Gasteiger partial charge in [0, 0.05) is 32.4 Å². The molecule has 0 aromatic heterocycles.